The summed E-state index contributed by atoms with van der Waals surface area (Å²) in [7, 11) is 3.17. The summed E-state index contributed by atoms with van der Waals surface area (Å²) < 4.78 is 56.4. The zero-order chi connectivity index (χ0) is 25.0. The van der Waals surface area contributed by atoms with Crippen molar-refractivity contribution in [3.8, 4) is 11.5 Å². The first kappa shape index (κ1) is 25.1. The predicted molar refractivity (Wildman–Crippen MR) is 126 cm³/mol. The highest BCUT2D eigenvalue weighted by molar-refractivity contribution is 5.96. The molecule has 10 heteroatoms. The molecule has 2 aromatic rings. The normalized spacial score (nSPS) is 16.3. The molecule has 0 atom stereocenters. The Bertz CT molecular complexity index is 1040. The maximum absolute atomic E-state index is 13.4. The Morgan fingerprint density at radius 1 is 1.11 bits per heavy atom. The van der Waals surface area contributed by atoms with Crippen LogP contribution in [0, 0.1) is 0 Å². The van der Waals surface area contributed by atoms with Crippen LogP contribution in [0.25, 0.3) is 0 Å². The lowest BCUT2D eigenvalue weighted by molar-refractivity contribution is -0.137. The van der Waals surface area contributed by atoms with Gasteiger partial charge in [-0.1, -0.05) is 0 Å². The molecule has 1 heterocycles. The van der Waals surface area contributed by atoms with Crippen molar-refractivity contribution in [3.63, 3.8) is 0 Å². The van der Waals surface area contributed by atoms with E-state index in [4.69, 9.17) is 14.2 Å². The zero-order valence-corrected chi connectivity index (χ0v) is 19.9. The number of carbonyl (C=O) groups is 1. The van der Waals surface area contributed by atoms with Gasteiger partial charge in [-0.2, -0.15) is 13.2 Å². The molecule has 1 aliphatic heterocycles. The van der Waals surface area contributed by atoms with Crippen LogP contribution in [0.2, 0.25) is 0 Å². The fourth-order valence-electron chi connectivity index (χ4n) is 4.24. The molecule has 2 aromatic carbocycles. The molecule has 2 fully saturated rings. The molecule has 0 radical (unpaired) electrons. The quantitative estimate of drug-likeness (QED) is 0.566. The van der Waals surface area contributed by atoms with Gasteiger partial charge >= 0.3 is 6.18 Å². The second kappa shape index (κ2) is 10.7. The van der Waals surface area contributed by atoms with E-state index < -0.39 is 11.7 Å². The molecule has 7 nitrogen and oxygen atoms in total. The second-order valence-corrected chi connectivity index (χ2v) is 8.69. The Morgan fingerprint density at radius 2 is 1.86 bits per heavy atom. The molecule has 2 aliphatic rings. The van der Waals surface area contributed by atoms with Crippen LogP contribution in [0.3, 0.4) is 0 Å². The SMILES string of the molecule is COc1ccc(OC)c(CN(CC(=O)Nc2cc(C(F)(F)F)ccc2N2CCOCC2)C2CC2)c1. The van der Waals surface area contributed by atoms with Crippen molar-refractivity contribution in [2.45, 2.75) is 31.6 Å². The number of ether oxygens (including phenoxy) is 3. The average Bonchev–Trinajstić information content (AvgIpc) is 3.69. The number of benzene rings is 2. The minimum atomic E-state index is -4.51. The summed E-state index contributed by atoms with van der Waals surface area (Å²) in [5.41, 5.74) is 0.785. The second-order valence-electron chi connectivity index (χ2n) is 8.69. The number of nitrogens with one attached hydrogen (secondary N) is 1. The number of carbonyl (C=O) groups excluding carboxylic acids is 1. The summed E-state index contributed by atoms with van der Waals surface area (Å²) in [6.45, 7) is 2.54. The lowest BCUT2D eigenvalue weighted by Crippen LogP contribution is -2.38. The molecule has 0 aromatic heterocycles. The lowest BCUT2D eigenvalue weighted by Gasteiger charge is -2.31. The third-order valence-electron chi connectivity index (χ3n) is 6.22. The van der Waals surface area contributed by atoms with Crippen LogP contribution in [0.15, 0.2) is 36.4 Å². The Hall–Kier alpha value is -2.98. The van der Waals surface area contributed by atoms with Gasteiger partial charge in [0.2, 0.25) is 5.91 Å². The van der Waals surface area contributed by atoms with Crippen LogP contribution in [-0.4, -0.2) is 63.9 Å². The monoisotopic (exact) mass is 493 g/mol. The first-order valence-corrected chi connectivity index (χ1v) is 11.6. The Morgan fingerprint density at radius 3 is 2.49 bits per heavy atom. The van der Waals surface area contributed by atoms with Crippen molar-refractivity contribution in [2.75, 3.05) is 57.3 Å². The molecule has 0 spiro atoms. The highest BCUT2D eigenvalue weighted by Crippen LogP contribution is 2.36. The maximum atomic E-state index is 13.4. The Labute approximate surface area is 202 Å². The average molecular weight is 494 g/mol. The van der Waals surface area contributed by atoms with Gasteiger partial charge in [0.1, 0.15) is 11.5 Å². The van der Waals surface area contributed by atoms with Crippen molar-refractivity contribution in [2.24, 2.45) is 0 Å². The zero-order valence-electron chi connectivity index (χ0n) is 19.9. The molecular formula is C25H30F3N3O4. The third kappa shape index (κ3) is 6.37. The molecule has 190 valence electrons. The molecule has 1 amide bonds. The van der Waals surface area contributed by atoms with E-state index in [1.807, 2.05) is 21.9 Å². The van der Waals surface area contributed by atoms with Crippen LogP contribution < -0.4 is 19.7 Å². The smallest absolute Gasteiger partial charge is 0.416 e. The van der Waals surface area contributed by atoms with Crippen molar-refractivity contribution in [1.29, 1.82) is 0 Å². The predicted octanol–water partition coefficient (Wildman–Crippen LogP) is 4.16. The number of methoxy groups -OCH3 is 2. The van der Waals surface area contributed by atoms with Gasteiger partial charge < -0.3 is 24.4 Å². The van der Waals surface area contributed by atoms with Crippen LogP contribution in [0.4, 0.5) is 24.5 Å². The van der Waals surface area contributed by atoms with E-state index in [2.05, 4.69) is 5.32 Å². The molecule has 1 N–H and O–H groups in total. The van der Waals surface area contributed by atoms with Gasteiger partial charge in [-0.25, -0.2) is 0 Å². The summed E-state index contributed by atoms with van der Waals surface area (Å²) in [6, 6.07) is 9.20. The van der Waals surface area contributed by atoms with Crippen molar-refractivity contribution in [3.05, 3.63) is 47.5 Å². The summed E-state index contributed by atoms with van der Waals surface area (Å²) in [5, 5.41) is 2.75. The van der Waals surface area contributed by atoms with E-state index in [-0.39, 0.29) is 24.2 Å². The van der Waals surface area contributed by atoms with Gasteiger partial charge in [0, 0.05) is 31.2 Å². The fraction of sp³-hybridized carbons (Fsp3) is 0.480. The molecule has 35 heavy (non-hydrogen) atoms. The maximum Gasteiger partial charge on any atom is 0.416 e. The molecule has 0 bridgehead atoms. The topological polar surface area (TPSA) is 63.3 Å². The van der Waals surface area contributed by atoms with E-state index >= 15 is 0 Å². The van der Waals surface area contributed by atoms with Crippen molar-refractivity contribution < 1.29 is 32.2 Å². The first-order valence-electron chi connectivity index (χ1n) is 11.6. The first-order chi connectivity index (χ1) is 16.8. The van der Waals surface area contributed by atoms with E-state index in [0.29, 0.717) is 50.0 Å². The number of anilines is 2. The minimum absolute atomic E-state index is 0.0455. The minimum Gasteiger partial charge on any atom is -0.497 e. The van der Waals surface area contributed by atoms with Crippen molar-refractivity contribution in [1.82, 2.24) is 4.90 Å². The third-order valence-corrected chi connectivity index (χ3v) is 6.22. The number of rotatable bonds is 9. The van der Waals surface area contributed by atoms with Crippen LogP contribution in [0.5, 0.6) is 11.5 Å². The molecule has 4 rings (SSSR count). The van der Waals surface area contributed by atoms with Crippen molar-refractivity contribution >= 4 is 17.3 Å². The van der Waals surface area contributed by atoms with Crippen LogP contribution in [-0.2, 0) is 22.3 Å². The lowest BCUT2D eigenvalue weighted by atomic mass is 10.1. The number of nitrogens with zero attached hydrogens (tertiary/aromatic N) is 2. The Kier molecular flexibility index (Phi) is 7.71. The van der Waals surface area contributed by atoms with Gasteiger partial charge in [-0.15, -0.1) is 0 Å². The number of halogens is 3. The van der Waals surface area contributed by atoms with Gasteiger partial charge in [-0.3, -0.25) is 9.69 Å². The number of hydrogen-bond donors (Lipinski definition) is 1. The largest absolute Gasteiger partial charge is 0.497 e. The standard InChI is InChI=1S/C25H30F3N3O4/c1-33-20-6-8-23(34-2)17(13-20)15-31(19-4-5-19)16-24(32)29-21-14-18(25(26,27)28)3-7-22(21)30-9-11-35-12-10-30/h3,6-8,13-14,19H,4-5,9-12,15-16H2,1-2H3,(H,29,32). The molecular weight excluding hydrogens is 463 g/mol. The Balaban J connectivity index is 1.53. The van der Waals surface area contributed by atoms with Gasteiger partial charge in [0.15, 0.2) is 0 Å². The highest BCUT2D eigenvalue weighted by Gasteiger charge is 2.33. The number of morpholine rings is 1. The van der Waals surface area contributed by atoms with E-state index in [1.54, 1.807) is 20.3 Å². The summed E-state index contributed by atoms with van der Waals surface area (Å²) in [4.78, 5) is 17.0. The summed E-state index contributed by atoms with van der Waals surface area (Å²) in [5.74, 6) is 0.997. The molecule has 1 saturated carbocycles. The number of amides is 1. The van der Waals surface area contributed by atoms with Crippen LogP contribution in [0.1, 0.15) is 24.0 Å². The number of hydrogen-bond acceptors (Lipinski definition) is 6. The van der Waals surface area contributed by atoms with E-state index in [9.17, 15) is 18.0 Å². The van der Waals surface area contributed by atoms with E-state index in [1.165, 1.54) is 6.07 Å². The molecule has 0 unspecified atom stereocenters. The summed E-state index contributed by atoms with van der Waals surface area (Å²) in [6.07, 6.45) is -2.59. The highest BCUT2D eigenvalue weighted by atomic mass is 19.4. The fourth-order valence-corrected chi connectivity index (χ4v) is 4.24. The molecule has 1 aliphatic carbocycles. The van der Waals surface area contributed by atoms with E-state index in [0.717, 1.165) is 30.5 Å². The summed E-state index contributed by atoms with van der Waals surface area (Å²) >= 11 is 0. The van der Waals surface area contributed by atoms with Gasteiger partial charge in [0.25, 0.3) is 0 Å². The van der Waals surface area contributed by atoms with Gasteiger partial charge in [0.05, 0.1) is 50.9 Å². The molecule has 1 saturated heterocycles. The van der Waals surface area contributed by atoms with Gasteiger partial charge in [-0.05, 0) is 49.2 Å². The van der Waals surface area contributed by atoms with Crippen LogP contribution >= 0.6 is 0 Å². The number of alkyl halides is 3.